The molecule has 680 valence electrons. The van der Waals surface area contributed by atoms with Gasteiger partial charge in [0.25, 0.3) is 0 Å². The Hall–Kier alpha value is -4.61. The molecular formula is C94H133Cl9F2N6O8Si4. The van der Waals surface area contributed by atoms with Crippen LogP contribution in [0.2, 0.25) is 119 Å². The predicted octanol–water partition coefficient (Wildman–Crippen LogP) is 32.1. The summed E-state index contributed by atoms with van der Waals surface area (Å²) in [4.78, 5) is 36.4. The van der Waals surface area contributed by atoms with Gasteiger partial charge in [0, 0.05) is 11.1 Å². The lowest BCUT2D eigenvalue weighted by Gasteiger charge is -2.43. The summed E-state index contributed by atoms with van der Waals surface area (Å²) in [5, 5.41) is 23.3. The van der Waals surface area contributed by atoms with E-state index in [9.17, 15) is 23.8 Å². The molecule has 0 spiro atoms. The second kappa shape index (κ2) is 43.4. The average molecular weight is 1940 g/mol. The number of rotatable bonds is 21. The summed E-state index contributed by atoms with van der Waals surface area (Å²) >= 11 is 52.6. The minimum absolute atomic E-state index is 0.0419. The molecule has 6 aromatic heterocycles. The van der Waals surface area contributed by atoms with Gasteiger partial charge in [0.15, 0.2) is 33.3 Å². The molecule has 1 unspecified atom stereocenters. The predicted molar refractivity (Wildman–Crippen MR) is 527 cm³/mol. The Morgan fingerprint density at radius 3 is 0.927 bits per heavy atom. The fraction of sp³-hybridized carbons (Fsp3) is 0.500. The topological polar surface area (TPSA) is 181 Å². The molecule has 0 aliphatic heterocycles. The Balaban J connectivity index is 0.000000392. The third kappa shape index (κ3) is 33.7. The first-order valence-corrected chi connectivity index (χ1v) is 55.7. The standard InChI is InChI=1S/C24H35ClFNO2Si.C23H31ClFNOSi.C17H28ClNOSi.C14H23Cl2NOSi.C8H7Cl2NO2.C8H9Cl2NO/c1-10-24(7,28)21-15-17(23(5,6)29-30(8,9)22(2,3)4)14-20(27-21)16-11-12-19(26)18(25)13-16;1-15(2)20-13-17(23(6,7)27-28(8,9)22(3,4)5)14-21(26-20)16-10-11-19(25)18(24)12-16;1-12(2)14-10-13(11-15(18)19-14)17(6,7)20-21(8,9)16(3,4)5;1-13(2,3)19(6,7)18-14(4,5)10-8-11(15)17-12(16)9-10;1-2-13-8(12)5-3-6(9)11-7(10)4-5;1-8(2,12)5-3-6(9)11-7(10)4-5/h11-15,28H,10H2,1-9H3;10-14H,1H2,2-9H3;10-11H,1H2,2-9H3;8-9H,1-7H3;3-4H,2H2,1H3;3-4,12H,1-2H3. The van der Waals surface area contributed by atoms with E-state index in [1.807, 2.05) is 69.3 Å². The van der Waals surface area contributed by atoms with Crippen LogP contribution in [-0.2, 0) is 56.0 Å². The van der Waals surface area contributed by atoms with Crippen molar-refractivity contribution in [2.24, 2.45) is 0 Å². The molecule has 29 heteroatoms. The van der Waals surface area contributed by atoms with Crippen molar-refractivity contribution < 1.29 is 46.2 Å². The molecule has 0 bridgehead atoms. The van der Waals surface area contributed by atoms with E-state index < -0.39 is 84.5 Å². The highest BCUT2D eigenvalue weighted by Gasteiger charge is 2.46. The average Bonchev–Trinajstić information content (AvgIpc) is 0.551. The Morgan fingerprint density at radius 1 is 0.374 bits per heavy atom. The van der Waals surface area contributed by atoms with Crippen molar-refractivity contribution in [2.45, 2.75) is 299 Å². The van der Waals surface area contributed by atoms with Gasteiger partial charge in [-0.3, -0.25) is 0 Å². The van der Waals surface area contributed by atoms with E-state index in [0.717, 1.165) is 56.0 Å². The summed E-state index contributed by atoms with van der Waals surface area (Å²) < 4.78 is 58.6. The zero-order valence-electron chi connectivity index (χ0n) is 78.9. The van der Waals surface area contributed by atoms with Gasteiger partial charge >= 0.3 is 5.97 Å². The summed E-state index contributed by atoms with van der Waals surface area (Å²) in [7, 11) is -7.79. The molecule has 1 atom stereocenters. The van der Waals surface area contributed by atoms with E-state index in [4.69, 9.17) is 137 Å². The number of carbonyl (C=O) groups excluding carboxylic acids is 1. The molecule has 123 heavy (non-hydrogen) atoms. The van der Waals surface area contributed by atoms with Crippen molar-refractivity contribution in [2.75, 3.05) is 6.61 Å². The monoisotopic (exact) mass is 1940 g/mol. The number of pyridine rings is 6. The second-order valence-electron chi connectivity index (χ2n) is 39.5. The zero-order chi connectivity index (χ0) is 95.5. The number of nitrogens with zero attached hydrogens (tertiary/aromatic N) is 6. The summed E-state index contributed by atoms with van der Waals surface area (Å²) in [6, 6.07) is 30.7. The van der Waals surface area contributed by atoms with Crippen LogP contribution in [-0.4, -0.2) is 86.0 Å². The molecule has 0 saturated heterocycles. The molecule has 0 saturated carbocycles. The SMILES string of the molecule is C=C(C)c1cc(C(C)(C)O[Si](C)(C)C(C)(C)C)cc(-c2ccc(F)c(Cl)c2)n1.C=C(C)c1cc(C(C)(C)O[Si](C)(C)C(C)(C)C)cc(Cl)n1.CC(C)(O)c1cc(Cl)nc(Cl)c1.CC(C)(O[Si](C)(C)C(C)(C)C)c1cc(Cl)nc(Cl)c1.CCC(C)(O)c1cc(C(C)(C)O[Si](C)(C)C(C)(C)C)cc(-c2ccc(F)c(Cl)c2)n1.CCOC(=O)c1cc(Cl)nc(Cl)c1. The van der Waals surface area contributed by atoms with Gasteiger partial charge in [0.1, 0.15) is 53.3 Å². The summed E-state index contributed by atoms with van der Waals surface area (Å²) in [5.41, 5.74) is 7.70. The van der Waals surface area contributed by atoms with E-state index in [-0.39, 0.29) is 40.5 Å². The Labute approximate surface area is 783 Å². The number of halogens is 11. The quantitative estimate of drug-likeness (QED) is 0.0394. The lowest BCUT2D eigenvalue weighted by atomic mass is 9.91. The molecule has 0 aliphatic carbocycles. The fourth-order valence-electron chi connectivity index (χ4n) is 10.9. The first-order chi connectivity index (χ1) is 55.3. The number of hydrogen-bond donors (Lipinski definition) is 2. The number of ether oxygens (including phenoxy) is 1. The van der Waals surface area contributed by atoms with Gasteiger partial charge in [-0.05, 0) is 324 Å². The number of aliphatic hydroxyl groups is 2. The van der Waals surface area contributed by atoms with Gasteiger partial charge in [-0.2, -0.15) is 0 Å². The lowest BCUT2D eigenvalue weighted by Crippen LogP contribution is -2.46. The largest absolute Gasteiger partial charge is 0.462 e. The van der Waals surface area contributed by atoms with Crippen molar-refractivity contribution >= 4 is 155 Å². The molecule has 2 N–H and O–H groups in total. The van der Waals surface area contributed by atoms with Gasteiger partial charge in [0.2, 0.25) is 0 Å². The van der Waals surface area contributed by atoms with Crippen molar-refractivity contribution in [3.63, 3.8) is 0 Å². The molecule has 0 radical (unpaired) electrons. The van der Waals surface area contributed by atoms with Gasteiger partial charge < -0.3 is 32.7 Å². The van der Waals surface area contributed by atoms with Crippen LogP contribution in [0, 0.1) is 11.6 Å². The molecule has 6 heterocycles. The molecule has 8 rings (SSSR count). The maximum atomic E-state index is 13.7. The molecular weight excluding hydrogens is 1810 g/mol. The molecule has 0 amide bonds. The van der Waals surface area contributed by atoms with Crippen molar-refractivity contribution in [3.8, 4) is 22.5 Å². The molecule has 8 aromatic rings. The minimum atomic E-state index is -2.06. The minimum Gasteiger partial charge on any atom is -0.462 e. The van der Waals surface area contributed by atoms with E-state index >= 15 is 0 Å². The van der Waals surface area contributed by atoms with Crippen LogP contribution in [0.4, 0.5) is 8.78 Å². The normalized spacial score (nSPS) is 13.2. The molecule has 14 nitrogen and oxygen atoms in total. The van der Waals surface area contributed by atoms with Gasteiger partial charge in [-0.15, -0.1) is 0 Å². The van der Waals surface area contributed by atoms with Crippen LogP contribution in [0.25, 0.3) is 33.7 Å². The van der Waals surface area contributed by atoms with E-state index in [1.54, 1.807) is 64.1 Å². The highest BCUT2D eigenvalue weighted by Crippen LogP contribution is 2.48. The van der Waals surface area contributed by atoms with Crippen molar-refractivity contribution in [3.05, 3.63) is 231 Å². The third-order valence-corrected chi connectivity index (χ3v) is 43.0. The van der Waals surface area contributed by atoms with Crippen LogP contribution < -0.4 is 0 Å². The summed E-state index contributed by atoms with van der Waals surface area (Å²) in [6.45, 7) is 82.1. The lowest BCUT2D eigenvalue weighted by molar-refractivity contribution is 0.0473. The fourth-order valence-corrected chi connectivity index (χ4v) is 19.7. The van der Waals surface area contributed by atoms with Gasteiger partial charge in [-0.1, -0.05) is 208 Å². The maximum absolute atomic E-state index is 13.7. The second-order valence-corrected chi connectivity index (χ2v) is 62.0. The number of esters is 1. The molecule has 0 fully saturated rings. The highest BCUT2D eigenvalue weighted by atomic mass is 35.5. The van der Waals surface area contributed by atoms with E-state index in [1.165, 1.54) is 24.3 Å². The zero-order valence-corrected chi connectivity index (χ0v) is 89.7. The van der Waals surface area contributed by atoms with Gasteiger partial charge in [0.05, 0.1) is 78.7 Å². The summed E-state index contributed by atoms with van der Waals surface area (Å²) in [6.07, 6.45) is 0.511. The smallest absolute Gasteiger partial charge is 0.338 e. The highest BCUT2D eigenvalue weighted by molar-refractivity contribution is 6.75. The van der Waals surface area contributed by atoms with Crippen LogP contribution in [0.1, 0.15) is 249 Å². The van der Waals surface area contributed by atoms with Crippen LogP contribution >= 0.6 is 104 Å². The van der Waals surface area contributed by atoms with Crippen molar-refractivity contribution in [1.29, 1.82) is 0 Å². The number of hydrogen-bond acceptors (Lipinski definition) is 14. The Kier molecular flexibility index (Phi) is 39.7. The van der Waals surface area contributed by atoms with E-state index in [2.05, 4.69) is 224 Å². The van der Waals surface area contributed by atoms with Crippen LogP contribution in [0.15, 0.2) is 122 Å². The maximum Gasteiger partial charge on any atom is 0.338 e. The Morgan fingerprint density at radius 2 is 0.642 bits per heavy atom. The number of allylic oxidation sites excluding steroid dienone is 2. The number of benzene rings is 2. The van der Waals surface area contributed by atoms with Gasteiger partial charge in [-0.25, -0.2) is 43.5 Å². The summed E-state index contributed by atoms with van der Waals surface area (Å²) in [5.74, 6) is -1.36. The molecule has 2 aromatic carbocycles. The number of carbonyl (C=O) groups is 1. The van der Waals surface area contributed by atoms with Crippen LogP contribution in [0.3, 0.4) is 0 Å². The Bertz CT molecular complexity index is 4930. The first kappa shape index (κ1) is 113. The van der Waals surface area contributed by atoms with Crippen LogP contribution in [0.5, 0.6) is 0 Å². The van der Waals surface area contributed by atoms with E-state index in [0.29, 0.717) is 66.9 Å². The molecule has 0 aliphatic rings. The first-order valence-electron chi connectivity index (χ1n) is 40.7. The third-order valence-electron chi connectivity index (χ3n) is 22.5. The number of aromatic nitrogens is 6. The van der Waals surface area contributed by atoms with Crippen molar-refractivity contribution in [1.82, 2.24) is 29.9 Å².